The maximum atomic E-state index is 10.6. The second kappa shape index (κ2) is 8.88. The van der Waals surface area contributed by atoms with E-state index < -0.39 is 6.10 Å². The highest BCUT2D eigenvalue weighted by Crippen LogP contribution is 2.19. The number of aliphatic hydroxyl groups is 1. The predicted molar refractivity (Wildman–Crippen MR) is 117 cm³/mol. The van der Waals surface area contributed by atoms with Crippen molar-refractivity contribution in [2.45, 2.75) is 19.2 Å². The van der Waals surface area contributed by atoms with Gasteiger partial charge in [0.25, 0.3) is 0 Å². The number of rotatable bonds is 8. The topological polar surface area (TPSA) is 73.5 Å². The molecule has 1 aromatic heterocycles. The number of hydrogen-bond donors (Lipinski definition) is 2. The summed E-state index contributed by atoms with van der Waals surface area (Å²) in [7, 11) is 1.62. The summed E-state index contributed by atoms with van der Waals surface area (Å²) in [5, 5.41) is 10.6. The zero-order valence-electron chi connectivity index (χ0n) is 16.9. The summed E-state index contributed by atoms with van der Waals surface area (Å²) in [6.07, 6.45) is -0.713. The van der Waals surface area contributed by atoms with E-state index >= 15 is 0 Å². The van der Waals surface area contributed by atoms with Gasteiger partial charge in [-0.25, -0.2) is 9.13 Å². The monoisotopic (exact) mass is 404 g/mol. The lowest BCUT2D eigenvalue weighted by atomic mass is 10.2. The summed E-state index contributed by atoms with van der Waals surface area (Å²) in [5.41, 5.74) is 9.69. The molecule has 0 saturated heterocycles. The Bertz CT molecular complexity index is 1110. The molecule has 3 aromatic carbocycles. The Morgan fingerprint density at radius 1 is 0.933 bits per heavy atom. The third-order valence-corrected chi connectivity index (χ3v) is 5.10. The molecule has 154 valence electrons. The highest BCUT2D eigenvalue weighted by molar-refractivity contribution is 5.74. The summed E-state index contributed by atoms with van der Waals surface area (Å²) in [6, 6.07) is 25.5. The quantitative estimate of drug-likeness (QED) is 0.443. The van der Waals surface area contributed by atoms with Gasteiger partial charge in [-0.05, 0) is 42.0 Å². The predicted octanol–water partition coefficient (Wildman–Crippen LogP) is 3.01. The van der Waals surface area contributed by atoms with Crippen LogP contribution in [0.2, 0.25) is 0 Å². The molecule has 0 aliphatic carbocycles. The van der Waals surface area contributed by atoms with Crippen LogP contribution in [0.25, 0.3) is 11.0 Å². The zero-order valence-corrected chi connectivity index (χ0v) is 16.9. The molecule has 4 rings (SSSR count). The van der Waals surface area contributed by atoms with E-state index in [2.05, 4.69) is 16.7 Å². The standard InChI is InChI=1S/C24H25N3O3/c1-29-20-11-13-21(14-12-20)30-17-19(28)16-27-23-10-6-5-9-22(23)26(24(27)25)15-18-7-3-2-4-8-18/h2-14,19,25,28H,15-17H2,1H3/p+1. The number of nitrogens with two attached hydrogens (primary N) is 1. The molecule has 1 unspecified atom stereocenters. The zero-order chi connectivity index (χ0) is 20.9. The van der Waals surface area contributed by atoms with Gasteiger partial charge in [-0.15, -0.1) is 0 Å². The number of nitrogens with zero attached hydrogens (tertiary/aromatic N) is 2. The molecule has 3 N–H and O–H groups in total. The molecule has 0 saturated carbocycles. The van der Waals surface area contributed by atoms with Gasteiger partial charge in [0.2, 0.25) is 0 Å². The van der Waals surface area contributed by atoms with Crippen LogP contribution in [0.4, 0.5) is 5.95 Å². The number of para-hydroxylation sites is 2. The summed E-state index contributed by atoms with van der Waals surface area (Å²) in [4.78, 5) is 0. The van der Waals surface area contributed by atoms with E-state index in [1.54, 1.807) is 7.11 Å². The summed E-state index contributed by atoms with van der Waals surface area (Å²) < 4.78 is 14.9. The highest BCUT2D eigenvalue weighted by atomic mass is 16.5. The molecule has 0 fully saturated rings. The molecule has 1 atom stereocenters. The second-order valence-electron chi connectivity index (χ2n) is 7.17. The number of fused-ring (bicyclic) bond motifs is 1. The summed E-state index contributed by atoms with van der Waals surface area (Å²) >= 11 is 0. The van der Waals surface area contributed by atoms with Crippen LogP contribution < -0.4 is 19.8 Å². The Morgan fingerprint density at radius 3 is 2.33 bits per heavy atom. The van der Waals surface area contributed by atoms with Crippen LogP contribution in [-0.2, 0) is 13.1 Å². The number of imidazole rings is 1. The summed E-state index contributed by atoms with van der Waals surface area (Å²) in [5.74, 6) is 2.04. The van der Waals surface area contributed by atoms with Gasteiger partial charge >= 0.3 is 5.95 Å². The normalized spacial score (nSPS) is 12.1. The van der Waals surface area contributed by atoms with E-state index in [0.717, 1.165) is 16.8 Å². The van der Waals surface area contributed by atoms with Crippen molar-refractivity contribution in [3.8, 4) is 11.5 Å². The number of methoxy groups -OCH3 is 1. The van der Waals surface area contributed by atoms with Crippen LogP contribution in [0, 0.1) is 0 Å². The lowest BCUT2D eigenvalue weighted by molar-refractivity contribution is -0.648. The molecule has 30 heavy (non-hydrogen) atoms. The molecule has 0 aliphatic heterocycles. The Hall–Kier alpha value is -3.51. The van der Waals surface area contributed by atoms with Gasteiger partial charge in [-0.2, -0.15) is 0 Å². The van der Waals surface area contributed by atoms with Crippen molar-refractivity contribution in [3.05, 3.63) is 84.4 Å². The van der Waals surface area contributed by atoms with Crippen molar-refractivity contribution in [2.24, 2.45) is 0 Å². The minimum atomic E-state index is -0.713. The maximum absolute atomic E-state index is 10.6. The van der Waals surface area contributed by atoms with Crippen LogP contribution in [0.5, 0.6) is 11.5 Å². The first-order chi connectivity index (χ1) is 14.7. The molecule has 0 aliphatic rings. The van der Waals surface area contributed by atoms with Crippen molar-refractivity contribution >= 4 is 17.0 Å². The number of anilines is 1. The number of aromatic nitrogens is 2. The number of hydrogen-bond acceptors (Lipinski definition) is 4. The highest BCUT2D eigenvalue weighted by Gasteiger charge is 2.23. The van der Waals surface area contributed by atoms with Crippen molar-refractivity contribution in [1.29, 1.82) is 0 Å². The molecule has 0 radical (unpaired) electrons. The van der Waals surface area contributed by atoms with E-state index in [4.69, 9.17) is 15.2 Å². The van der Waals surface area contributed by atoms with Crippen LogP contribution in [0.1, 0.15) is 5.56 Å². The van der Waals surface area contributed by atoms with E-state index in [9.17, 15) is 5.11 Å². The third-order valence-electron chi connectivity index (χ3n) is 5.10. The van der Waals surface area contributed by atoms with Gasteiger partial charge in [0.15, 0.2) is 0 Å². The van der Waals surface area contributed by atoms with E-state index in [1.165, 1.54) is 5.56 Å². The van der Waals surface area contributed by atoms with Crippen molar-refractivity contribution in [2.75, 3.05) is 19.5 Å². The number of aliphatic hydroxyl groups excluding tert-OH is 1. The Kier molecular flexibility index (Phi) is 5.86. The SMILES string of the molecule is COc1ccc(OCC(O)Cn2c(N)[n+](Cc3ccccc3)c3ccccc32)cc1. The number of nitrogen functional groups attached to an aromatic ring is 1. The fourth-order valence-electron chi connectivity index (χ4n) is 3.57. The van der Waals surface area contributed by atoms with Crippen molar-refractivity contribution < 1.29 is 19.1 Å². The largest absolute Gasteiger partial charge is 0.497 e. The lowest BCUT2D eigenvalue weighted by Crippen LogP contribution is -2.37. The lowest BCUT2D eigenvalue weighted by Gasteiger charge is -2.12. The number of benzene rings is 3. The fourth-order valence-corrected chi connectivity index (χ4v) is 3.57. The van der Waals surface area contributed by atoms with E-state index in [-0.39, 0.29) is 6.61 Å². The molecular formula is C24H26N3O3+. The van der Waals surface area contributed by atoms with Crippen LogP contribution in [0.3, 0.4) is 0 Å². The van der Waals surface area contributed by atoms with Gasteiger partial charge in [-0.3, -0.25) is 5.73 Å². The van der Waals surface area contributed by atoms with Gasteiger partial charge in [-0.1, -0.05) is 42.5 Å². The van der Waals surface area contributed by atoms with Crippen molar-refractivity contribution in [1.82, 2.24) is 4.57 Å². The van der Waals surface area contributed by atoms with Gasteiger partial charge < -0.3 is 14.6 Å². The smallest absolute Gasteiger partial charge is 0.356 e. The minimum absolute atomic E-state index is 0.164. The van der Waals surface area contributed by atoms with Crippen LogP contribution in [-0.4, -0.2) is 29.5 Å². The molecule has 0 bridgehead atoms. The average Bonchev–Trinajstić information content (AvgIpc) is 3.05. The Balaban J connectivity index is 1.52. The Labute approximate surface area is 175 Å². The molecule has 4 aromatic rings. The van der Waals surface area contributed by atoms with Crippen LogP contribution >= 0.6 is 0 Å². The number of ether oxygens (including phenoxy) is 2. The minimum Gasteiger partial charge on any atom is -0.497 e. The third kappa shape index (κ3) is 4.23. The van der Waals surface area contributed by atoms with E-state index in [1.807, 2.05) is 71.3 Å². The van der Waals surface area contributed by atoms with Gasteiger partial charge in [0, 0.05) is 0 Å². The summed E-state index contributed by atoms with van der Waals surface area (Å²) in [6.45, 7) is 1.17. The first-order valence-electron chi connectivity index (χ1n) is 9.91. The first kappa shape index (κ1) is 19.8. The van der Waals surface area contributed by atoms with Crippen LogP contribution in [0.15, 0.2) is 78.9 Å². The molecule has 0 spiro atoms. The molecule has 6 heteroatoms. The Morgan fingerprint density at radius 2 is 1.60 bits per heavy atom. The fraction of sp³-hybridized carbons (Fsp3) is 0.208. The van der Waals surface area contributed by atoms with E-state index in [0.29, 0.717) is 24.8 Å². The first-order valence-corrected chi connectivity index (χ1v) is 9.91. The van der Waals surface area contributed by atoms with Crippen molar-refractivity contribution in [3.63, 3.8) is 0 Å². The van der Waals surface area contributed by atoms with Gasteiger partial charge in [0.05, 0.1) is 13.7 Å². The maximum Gasteiger partial charge on any atom is 0.356 e. The second-order valence-corrected chi connectivity index (χ2v) is 7.17. The van der Waals surface area contributed by atoms with Gasteiger partial charge in [0.1, 0.15) is 41.8 Å². The molecular weight excluding hydrogens is 378 g/mol. The molecule has 0 amide bonds. The molecule has 6 nitrogen and oxygen atoms in total. The molecule has 1 heterocycles. The average molecular weight is 404 g/mol.